The van der Waals surface area contributed by atoms with E-state index in [2.05, 4.69) is 10.3 Å². The molecule has 2 heterocycles. The van der Waals surface area contributed by atoms with Gasteiger partial charge in [0.2, 0.25) is 0 Å². The van der Waals surface area contributed by atoms with Gasteiger partial charge in [0.25, 0.3) is 5.91 Å². The highest BCUT2D eigenvalue weighted by Gasteiger charge is 2.06. The molecule has 0 spiro atoms. The molecule has 0 aliphatic carbocycles. The van der Waals surface area contributed by atoms with Crippen LogP contribution in [0.25, 0.3) is 0 Å². The minimum absolute atomic E-state index is 0.218. The van der Waals surface area contributed by atoms with Crippen LogP contribution < -0.4 is 11.1 Å². The number of amides is 1. The van der Waals surface area contributed by atoms with Gasteiger partial charge in [0.05, 0.1) is 4.34 Å². The van der Waals surface area contributed by atoms with E-state index in [9.17, 15) is 4.79 Å². The molecule has 0 unspecified atom stereocenters. The molecule has 0 atom stereocenters. The van der Waals surface area contributed by atoms with E-state index >= 15 is 0 Å². The third-order valence-corrected chi connectivity index (χ3v) is 3.58. The molecule has 0 bridgehead atoms. The number of nitrogen functional groups attached to an aromatic ring is 1. The molecule has 6 heteroatoms. The van der Waals surface area contributed by atoms with Gasteiger partial charge in [-0.1, -0.05) is 17.7 Å². The van der Waals surface area contributed by atoms with Crippen LogP contribution in [0.1, 0.15) is 15.4 Å². The molecule has 3 N–H and O–H groups in total. The molecular formula is C12H12ClN3OS. The molecule has 0 aliphatic rings. The van der Waals surface area contributed by atoms with Crippen molar-refractivity contribution in [3.63, 3.8) is 0 Å². The summed E-state index contributed by atoms with van der Waals surface area (Å²) in [4.78, 5) is 16.8. The number of aromatic nitrogens is 1. The number of carbonyl (C=O) groups excluding carboxylic acids is 1. The Hall–Kier alpha value is -1.59. The van der Waals surface area contributed by atoms with Crippen molar-refractivity contribution in [2.24, 2.45) is 0 Å². The van der Waals surface area contributed by atoms with Crippen molar-refractivity contribution in [3.05, 3.63) is 45.2 Å². The van der Waals surface area contributed by atoms with Gasteiger partial charge in [0, 0.05) is 11.4 Å². The number of pyridine rings is 1. The normalized spacial score (nSPS) is 10.3. The van der Waals surface area contributed by atoms with Crippen molar-refractivity contribution in [2.45, 2.75) is 6.42 Å². The van der Waals surface area contributed by atoms with Gasteiger partial charge >= 0.3 is 0 Å². The zero-order valence-electron chi connectivity index (χ0n) is 9.52. The lowest BCUT2D eigenvalue weighted by atomic mass is 10.3. The molecule has 0 saturated carbocycles. The first-order valence-electron chi connectivity index (χ1n) is 5.40. The maximum atomic E-state index is 11.7. The summed E-state index contributed by atoms with van der Waals surface area (Å²) in [6.45, 7) is 0.548. The molecule has 4 nitrogen and oxygen atoms in total. The van der Waals surface area contributed by atoms with Gasteiger partial charge in [-0.2, -0.15) is 0 Å². The van der Waals surface area contributed by atoms with Gasteiger partial charge in [-0.3, -0.25) is 4.79 Å². The standard InChI is InChI=1S/C12H12ClN3OS/c13-10-5-4-8(18-10)6-7-15-12(17)9-2-1-3-11(14)16-9/h1-5H,6-7H2,(H2,14,16)(H,15,17). The Morgan fingerprint density at radius 1 is 1.39 bits per heavy atom. The Balaban J connectivity index is 1.85. The summed E-state index contributed by atoms with van der Waals surface area (Å²) in [5, 5.41) is 2.79. The molecule has 0 saturated heterocycles. The van der Waals surface area contributed by atoms with Gasteiger partial charge in [-0.05, 0) is 30.7 Å². The molecule has 0 fully saturated rings. The Labute approximate surface area is 114 Å². The minimum atomic E-state index is -0.218. The van der Waals surface area contributed by atoms with Gasteiger partial charge in [0.15, 0.2) is 0 Å². The molecule has 0 aromatic carbocycles. The Morgan fingerprint density at radius 3 is 2.89 bits per heavy atom. The van der Waals surface area contributed by atoms with E-state index in [0.29, 0.717) is 18.1 Å². The van der Waals surface area contributed by atoms with Crippen molar-refractivity contribution < 1.29 is 4.79 Å². The molecule has 2 rings (SSSR count). The van der Waals surface area contributed by atoms with Crippen LogP contribution >= 0.6 is 22.9 Å². The zero-order chi connectivity index (χ0) is 13.0. The highest BCUT2D eigenvalue weighted by Crippen LogP contribution is 2.21. The molecule has 0 radical (unpaired) electrons. The SMILES string of the molecule is Nc1cccc(C(=O)NCCc2ccc(Cl)s2)n1. The third-order valence-electron chi connectivity index (χ3n) is 2.29. The second-order valence-corrected chi connectivity index (χ2v) is 5.46. The Bertz CT molecular complexity index is 556. The highest BCUT2D eigenvalue weighted by atomic mass is 35.5. The molecule has 0 aliphatic heterocycles. The topological polar surface area (TPSA) is 68.0 Å². The molecule has 18 heavy (non-hydrogen) atoms. The van der Waals surface area contributed by atoms with E-state index in [1.165, 1.54) is 11.3 Å². The summed E-state index contributed by atoms with van der Waals surface area (Å²) in [5.41, 5.74) is 5.85. The fourth-order valence-corrected chi connectivity index (χ4v) is 2.54. The molecule has 94 valence electrons. The van der Waals surface area contributed by atoms with Crippen molar-refractivity contribution in [2.75, 3.05) is 12.3 Å². The average molecular weight is 282 g/mol. The lowest BCUT2D eigenvalue weighted by molar-refractivity contribution is 0.0949. The van der Waals surface area contributed by atoms with Gasteiger partial charge in [-0.25, -0.2) is 4.98 Å². The van der Waals surface area contributed by atoms with E-state index in [-0.39, 0.29) is 5.91 Å². The first kappa shape index (κ1) is 12.9. The second kappa shape index (κ2) is 5.84. The summed E-state index contributed by atoms with van der Waals surface area (Å²) in [5.74, 6) is 0.123. The van der Waals surface area contributed by atoms with Crippen LogP contribution in [0, 0.1) is 0 Å². The number of nitrogens with zero attached hydrogens (tertiary/aromatic N) is 1. The fraction of sp³-hybridized carbons (Fsp3) is 0.167. The van der Waals surface area contributed by atoms with Crippen molar-refractivity contribution in [3.8, 4) is 0 Å². The summed E-state index contributed by atoms with van der Waals surface area (Å²) < 4.78 is 0.758. The van der Waals surface area contributed by atoms with Gasteiger partial charge < -0.3 is 11.1 Å². The predicted molar refractivity (Wildman–Crippen MR) is 74.0 cm³/mol. The van der Waals surface area contributed by atoms with Crippen LogP contribution in [-0.4, -0.2) is 17.4 Å². The lowest BCUT2D eigenvalue weighted by Gasteiger charge is -2.04. The van der Waals surface area contributed by atoms with E-state index in [1.807, 2.05) is 12.1 Å². The predicted octanol–water partition coefficient (Wildman–Crippen LogP) is 2.35. The van der Waals surface area contributed by atoms with E-state index in [0.717, 1.165) is 15.6 Å². The zero-order valence-corrected chi connectivity index (χ0v) is 11.1. The van der Waals surface area contributed by atoms with E-state index < -0.39 is 0 Å². The van der Waals surface area contributed by atoms with Crippen molar-refractivity contribution in [1.29, 1.82) is 0 Å². The highest BCUT2D eigenvalue weighted by molar-refractivity contribution is 7.16. The van der Waals surface area contributed by atoms with Crippen LogP contribution in [0.15, 0.2) is 30.3 Å². The number of nitrogens with two attached hydrogens (primary N) is 1. The first-order valence-corrected chi connectivity index (χ1v) is 6.59. The number of hydrogen-bond acceptors (Lipinski definition) is 4. The molecule has 2 aromatic rings. The number of rotatable bonds is 4. The van der Waals surface area contributed by atoms with Crippen LogP contribution in [-0.2, 0) is 6.42 Å². The maximum absolute atomic E-state index is 11.7. The van der Waals surface area contributed by atoms with Crippen molar-refractivity contribution >= 4 is 34.7 Å². The number of thiophene rings is 1. The lowest BCUT2D eigenvalue weighted by Crippen LogP contribution is -2.26. The molecule has 1 amide bonds. The second-order valence-electron chi connectivity index (χ2n) is 3.66. The van der Waals surface area contributed by atoms with Crippen LogP contribution in [0.3, 0.4) is 0 Å². The van der Waals surface area contributed by atoms with E-state index in [4.69, 9.17) is 17.3 Å². The largest absolute Gasteiger partial charge is 0.384 e. The first-order chi connectivity index (χ1) is 8.65. The smallest absolute Gasteiger partial charge is 0.269 e. The number of hydrogen-bond donors (Lipinski definition) is 2. The minimum Gasteiger partial charge on any atom is -0.384 e. The van der Waals surface area contributed by atoms with Crippen molar-refractivity contribution in [1.82, 2.24) is 10.3 Å². The summed E-state index contributed by atoms with van der Waals surface area (Å²) in [6.07, 6.45) is 0.755. The molecular weight excluding hydrogens is 270 g/mol. The van der Waals surface area contributed by atoms with Gasteiger partial charge in [0.1, 0.15) is 11.5 Å². The summed E-state index contributed by atoms with van der Waals surface area (Å²) in [7, 11) is 0. The monoisotopic (exact) mass is 281 g/mol. The van der Waals surface area contributed by atoms with Gasteiger partial charge in [-0.15, -0.1) is 11.3 Å². The van der Waals surface area contributed by atoms with Crippen LogP contribution in [0.2, 0.25) is 4.34 Å². The molecule has 2 aromatic heterocycles. The maximum Gasteiger partial charge on any atom is 0.269 e. The number of halogens is 1. The van der Waals surface area contributed by atoms with Crippen LogP contribution in [0.4, 0.5) is 5.82 Å². The Morgan fingerprint density at radius 2 is 2.22 bits per heavy atom. The summed E-state index contributed by atoms with van der Waals surface area (Å²) >= 11 is 7.34. The number of anilines is 1. The summed E-state index contributed by atoms with van der Waals surface area (Å²) in [6, 6.07) is 8.79. The van der Waals surface area contributed by atoms with Crippen LogP contribution in [0.5, 0.6) is 0 Å². The fourth-order valence-electron chi connectivity index (χ4n) is 1.45. The number of nitrogens with one attached hydrogen (secondary N) is 1. The quantitative estimate of drug-likeness (QED) is 0.904. The Kier molecular flexibility index (Phi) is 4.17. The van der Waals surface area contributed by atoms with E-state index in [1.54, 1.807) is 18.2 Å². The number of carbonyl (C=O) groups is 1. The average Bonchev–Trinajstić information content (AvgIpc) is 2.75. The third kappa shape index (κ3) is 3.45.